The van der Waals surface area contributed by atoms with Crippen LogP contribution in [0.1, 0.15) is 19.0 Å². The SMILES string of the molecule is CCCNCc1cnc(-c2ccc(F)c(Br)c2)[nH]1. The molecule has 0 saturated carbocycles. The van der Waals surface area contributed by atoms with Crippen molar-refractivity contribution >= 4 is 15.9 Å². The zero-order valence-electron chi connectivity index (χ0n) is 10.1. The molecule has 0 atom stereocenters. The number of aromatic amines is 1. The van der Waals surface area contributed by atoms with Gasteiger partial charge >= 0.3 is 0 Å². The molecule has 2 rings (SSSR count). The highest BCUT2D eigenvalue weighted by Gasteiger charge is 2.06. The molecule has 0 amide bonds. The molecule has 5 heteroatoms. The fourth-order valence-electron chi connectivity index (χ4n) is 1.64. The van der Waals surface area contributed by atoms with Gasteiger partial charge in [-0.2, -0.15) is 0 Å². The van der Waals surface area contributed by atoms with Gasteiger partial charge in [-0.25, -0.2) is 9.37 Å². The molecular weight excluding hydrogens is 297 g/mol. The van der Waals surface area contributed by atoms with Crippen LogP contribution in [0.2, 0.25) is 0 Å². The van der Waals surface area contributed by atoms with Crippen molar-refractivity contribution < 1.29 is 4.39 Å². The third-order valence-corrected chi connectivity index (χ3v) is 3.17. The fourth-order valence-corrected chi connectivity index (χ4v) is 2.02. The van der Waals surface area contributed by atoms with E-state index >= 15 is 0 Å². The summed E-state index contributed by atoms with van der Waals surface area (Å²) in [6.45, 7) is 3.88. The standard InChI is InChI=1S/C13H15BrFN3/c1-2-5-16-7-10-8-17-13(18-10)9-3-4-12(15)11(14)6-9/h3-4,6,8,16H,2,5,7H2,1H3,(H,17,18). The van der Waals surface area contributed by atoms with Gasteiger partial charge in [-0.3, -0.25) is 0 Å². The molecule has 1 aromatic carbocycles. The van der Waals surface area contributed by atoms with Gasteiger partial charge in [-0.05, 0) is 47.1 Å². The summed E-state index contributed by atoms with van der Waals surface area (Å²) in [5.41, 5.74) is 1.89. The highest BCUT2D eigenvalue weighted by Crippen LogP contribution is 2.23. The van der Waals surface area contributed by atoms with Crippen molar-refractivity contribution in [2.75, 3.05) is 6.54 Å². The van der Waals surface area contributed by atoms with Gasteiger partial charge < -0.3 is 10.3 Å². The normalized spacial score (nSPS) is 10.8. The summed E-state index contributed by atoms with van der Waals surface area (Å²) in [6, 6.07) is 4.86. The van der Waals surface area contributed by atoms with E-state index in [0.29, 0.717) is 4.47 Å². The summed E-state index contributed by atoms with van der Waals surface area (Å²) in [6.07, 6.45) is 2.90. The first-order valence-electron chi connectivity index (χ1n) is 5.90. The molecule has 96 valence electrons. The van der Waals surface area contributed by atoms with Gasteiger partial charge in [0.25, 0.3) is 0 Å². The maximum atomic E-state index is 13.1. The Kier molecular flexibility index (Phi) is 4.49. The minimum Gasteiger partial charge on any atom is -0.341 e. The number of imidazole rings is 1. The minimum absolute atomic E-state index is 0.268. The monoisotopic (exact) mass is 311 g/mol. The van der Waals surface area contributed by atoms with Crippen LogP contribution in [0.25, 0.3) is 11.4 Å². The molecule has 0 unspecified atom stereocenters. The lowest BCUT2D eigenvalue weighted by Gasteiger charge is -2.00. The predicted octanol–water partition coefficient (Wildman–Crippen LogP) is 3.48. The van der Waals surface area contributed by atoms with Gasteiger partial charge in [0, 0.05) is 24.0 Å². The van der Waals surface area contributed by atoms with Gasteiger partial charge in [0.2, 0.25) is 0 Å². The second kappa shape index (κ2) is 6.11. The van der Waals surface area contributed by atoms with Crippen molar-refractivity contribution in [1.82, 2.24) is 15.3 Å². The fraction of sp³-hybridized carbons (Fsp3) is 0.308. The molecule has 2 aromatic rings. The van der Waals surface area contributed by atoms with E-state index in [-0.39, 0.29) is 5.82 Å². The Balaban J connectivity index is 2.11. The van der Waals surface area contributed by atoms with Gasteiger partial charge in [0.1, 0.15) is 11.6 Å². The lowest BCUT2D eigenvalue weighted by atomic mass is 10.2. The van der Waals surface area contributed by atoms with Crippen LogP contribution in [-0.2, 0) is 6.54 Å². The predicted molar refractivity (Wildman–Crippen MR) is 73.7 cm³/mol. The highest BCUT2D eigenvalue weighted by molar-refractivity contribution is 9.10. The number of aromatic nitrogens is 2. The second-order valence-corrected chi connectivity index (χ2v) is 4.92. The number of hydrogen-bond donors (Lipinski definition) is 2. The molecule has 1 aromatic heterocycles. The first kappa shape index (κ1) is 13.2. The zero-order valence-corrected chi connectivity index (χ0v) is 11.7. The maximum Gasteiger partial charge on any atom is 0.137 e. The summed E-state index contributed by atoms with van der Waals surface area (Å²) in [5, 5.41) is 3.30. The van der Waals surface area contributed by atoms with E-state index < -0.39 is 0 Å². The molecule has 0 spiro atoms. The van der Waals surface area contributed by atoms with Crippen LogP contribution >= 0.6 is 15.9 Å². The van der Waals surface area contributed by atoms with Crippen molar-refractivity contribution in [1.29, 1.82) is 0 Å². The number of H-pyrrole nitrogens is 1. The Morgan fingerprint density at radius 1 is 1.44 bits per heavy atom. The molecule has 0 bridgehead atoms. The molecular formula is C13H15BrFN3. The molecule has 0 radical (unpaired) electrons. The average Bonchev–Trinajstić information content (AvgIpc) is 2.82. The van der Waals surface area contributed by atoms with Gasteiger partial charge in [-0.15, -0.1) is 0 Å². The molecule has 0 aliphatic heterocycles. The van der Waals surface area contributed by atoms with E-state index in [1.54, 1.807) is 18.3 Å². The number of rotatable bonds is 5. The van der Waals surface area contributed by atoms with Crippen molar-refractivity contribution in [3.63, 3.8) is 0 Å². The lowest BCUT2D eigenvalue weighted by molar-refractivity contribution is 0.621. The Morgan fingerprint density at radius 3 is 3.00 bits per heavy atom. The first-order chi connectivity index (χ1) is 8.70. The van der Waals surface area contributed by atoms with Crippen LogP contribution in [0.15, 0.2) is 28.9 Å². The van der Waals surface area contributed by atoms with Gasteiger partial charge in [0.05, 0.1) is 4.47 Å². The summed E-state index contributed by atoms with van der Waals surface area (Å²) in [7, 11) is 0. The number of benzene rings is 1. The summed E-state index contributed by atoms with van der Waals surface area (Å²) in [4.78, 5) is 7.52. The van der Waals surface area contributed by atoms with Crippen molar-refractivity contribution in [3.8, 4) is 11.4 Å². The Morgan fingerprint density at radius 2 is 2.28 bits per heavy atom. The molecule has 0 fully saturated rings. The van der Waals surface area contributed by atoms with Crippen molar-refractivity contribution in [2.24, 2.45) is 0 Å². The molecule has 0 aliphatic carbocycles. The third-order valence-electron chi connectivity index (χ3n) is 2.56. The van der Waals surface area contributed by atoms with Crippen LogP contribution in [0.4, 0.5) is 4.39 Å². The highest BCUT2D eigenvalue weighted by atomic mass is 79.9. The largest absolute Gasteiger partial charge is 0.341 e. The van der Waals surface area contributed by atoms with E-state index in [2.05, 4.69) is 38.1 Å². The second-order valence-electron chi connectivity index (χ2n) is 4.06. The smallest absolute Gasteiger partial charge is 0.137 e. The summed E-state index contributed by atoms with van der Waals surface area (Å²) < 4.78 is 13.6. The summed E-state index contributed by atoms with van der Waals surface area (Å²) >= 11 is 3.17. The van der Waals surface area contributed by atoms with Crippen LogP contribution in [0.5, 0.6) is 0 Å². The molecule has 18 heavy (non-hydrogen) atoms. The van der Waals surface area contributed by atoms with Gasteiger partial charge in [0.15, 0.2) is 0 Å². The molecule has 2 N–H and O–H groups in total. The van der Waals surface area contributed by atoms with Crippen LogP contribution in [0, 0.1) is 5.82 Å². The zero-order chi connectivity index (χ0) is 13.0. The van der Waals surface area contributed by atoms with Crippen molar-refractivity contribution in [2.45, 2.75) is 19.9 Å². The topological polar surface area (TPSA) is 40.7 Å². The van der Waals surface area contributed by atoms with Crippen LogP contribution in [0.3, 0.4) is 0 Å². The van der Waals surface area contributed by atoms with E-state index in [9.17, 15) is 4.39 Å². The quantitative estimate of drug-likeness (QED) is 0.830. The molecule has 1 heterocycles. The van der Waals surface area contributed by atoms with Crippen LogP contribution in [-0.4, -0.2) is 16.5 Å². The van der Waals surface area contributed by atoms with Crippen molar-refractivity contribution in [3.05, 3.63) is 40.4 Å². The maximum absolute atomic E-state index is 13.1. The number of nitrogens with zero attached hydrogens (tertiary/aromatic N) is 1. The van der Waals surface area contributed by atoms with E-state index in [4.69, 9.17) is 0 Å². The van der Waals surface area contributed by atoms with E-state index in [1.165, 1.54) is 6.07 Å². The van der Waals surface area contributed by atoms with Gasteiger partial charge in [-0.1, -0.05) is 6.92 Å². The Hall–Kier alpha value is -1.20. The lowest BCUT2D eigenvalue weighted by Crippen LogP contribution is -2.13. The third kappa shape index (κ3) is 3.17. The summed E-state index contributed by atoms with van der Waals surface area (Å²) in [5.74, 6) is 0.485. The average molecular weight is 312 g/mol. The Labute approximate surface area is 114 Å². The van der Waals surface area contributed by atoms with Crippen LogP contribution < -0.4 is 5.32 Å². The number of nitrogens with one attached hydrogen (secondary N) is 2. The van der Waals surface area contributed by atoms with E-state index in [0.717, 1.165) is 36.6 Å². The van der Waals surface area contributed by atoms with E-state index in [1.807, 2.05) is 0 Å². The Bertz CT molecular complexity index is 525. The molecule has 0 aliphatic rings. The first-order valence-corrected chi connectivity index (χ1v) is 6.70. The molecule has 0 saturated heterocycles. The number of halogens is 2. The molecule has 3 nitrogen and oxygen atoms in total. The number of hydrogen-bond acceptors (Lipinski definition) is 2. The minimum atomic E-state index is -0.268.